The summed E-state index contributed by atoms with van der Waals surface area (Å²) in [6.45, 7) is 6.73. The molecule has 6 nitrogen and oxygen atoms in total. The highest BCUT2D eigenvalue weighted by Crippen LogP contribution is 2.30. The second-order valence-corrected chi connectivity index (χ2v) is 6.73. The fourth-order valence-electron chi connectivity index (χ4n) is 2.19. The molecular weight excluding hydrogens is 278 g/mol. The number of aryl methyl sites for hydroxylation is 2. The molecule has 1 atom stereocenters. The quantitative estimate of drug-likeness (QED) is 0.890. The van der Waals surface area contributed by atoms with E-state index in [1.165, 1.54) is 0 Å². The first-order valence-corrected chi connectivity index (χ1v) is 7.32. The maximum absolute atomic E-state index is 12.0. The Morgan fingerprint density at radius 3 is 2.70 bits per heavy atom. The largest absolute Gasteiger partial charge is 0.481 e. The van der Waals surface area contributed by atoms with Gasteiger partial charge in [0.05, 0.1) is 17.7 Å². The van der Waals surface area contributed by atoms with E-state index < -0.39 is 11.4 Å². The number of nitrogens with zero attached hydrogens (tertiary/aromatic N) is 2. The van der Waals surface area contributed by atoms with Gasteiger partial charge in [-0.2, -0.15) is 0 Å². The van der Waals surface area contributed by atoms with Crippen LogP contribution in [0.25, 0.3) is 0 Å². The second-order valence-electron chi connectivity index (χ2n) is 5.45. The van der Waals surface area contributed by atoms with Crippen molar-refractivity contribution >= 4 is 23.3 Å². The fraction of sp³-hybridized carbons (Fsp3) is 0.615. The Kier molecular flexibility index (Phi) is 3.99. The molecular formula is C13H19N3O3S. The number of thiazole rings is 1. The van der Waals surface area contributed by atoms with Gasteiger partial charge < -0.3 is 15.3 Å². The normalized spacial score (nSPS) is 22.1. The monoisotopic (exact) mass is 297 g/mol. The van der Waals surface area contributed by atoms with Crippen molar-refractivity contribution in [2.24, 2.45) is 5.41 Å². The van der Waals surface area contributed by atoms with Crippen LogP contribution in [0.4, 0.5) is 4.79 Å². The van der Waals surface area contributed by atoms with E-state index in [2.05, 4.69) is 10.3 Å². The Morgan fingerprint density at radius 2 is 2.20 bits per heavy atom. The number of nitrogens with one attached hydrogen (secondary N) is 1. The van der Waals surface area contributed by atoms with Crippen LogP contribution >= 0.6 is 11.3 Å². The van der Waals surface area contributed by atoms with E-state index in [1.54, 1.807) is 23.2 Å². The fourth-order valence-corrected chi connectivity index (χ4v) is 3.06. The van der Waals surface area contributed by atoms with Crippen molar-refractivity contribution < 1.29 is 14.7 Å². The molecule has 0 aromatic carbocycles. The minimum atomic E-state index is -0.848. The molecule has 2 N–H and O–H groups in total. The summed E-state index contributed by atoms with van der Waals surface area (Å²) in [7, 11) is 0. The Labute approximate surface area is 121 Å². The molecule has 1 aliphatic heterocycles. The maximum Gasteiger partial charge on any atom is 0.317 e. The van der Waals surface area contributed by atoms with E-state index in [-0.39, 0.29) is 12.6 Å². The smallest absolute Gasteiger partial charge is 0.317 e. The van der Waals surface area contributed by atoms with Crippen LogP contribution in [0.2, 0.25) is 0 Å². The topological polar surface area (TPSA) is 82.5 Å². The van der Waals surface area contributed by atoms with E-state index in [9.17, 15) is 9.59 Å². The minimum Gasteiger partial charge on any atom is -0.481 e. The van der Waals surface area contributed by atoms with Crippen LogP contribution in [0.1, 0.15) is 28.9 Å². The first kappa shape index (κ1) is 14.8. The summed E-state index contributed by atoms with van der Waals surface area (Å²) < 4.78 is 0. The number of carboxylic acids is 1. The van der Waals surface area contributed by atoms with Crippen molar-refractivity contribution in [1.82, 2.24) is 15.2 Å². The number of aliphatic carboxylic acids is 1. The lowest BCUT2D eigenvalue weighted by molar-refractivity contribution is -0.146. The molecule has 20 heavy (non-hydrogen) atoms. The summed E-state index contributed by atoms with van der Waals surface area (Å²) in [6, 6.07) is -0.222. The molecule has 2 heterocycles. The molecule has 110 valence electrons. The highest BCUT2D eigenvalue weighted by Gasteiger charge is 2.42. The molecule has 0 spiro atoms. The molecule has 0 saturated carbocycles. The number of carboxylic acid groups (broad SMARTS) is 1. The van der Waals surface area contributed by atoms with Gasteiger partial charge in [0.2, 0.25) is 0 Å². The Hall–Kier alpha value is -1.63. The molecule has 1 aromatic heterocycles. The number of carbonyl (C=O) groups is 2. The van der Waals surface area contributed by atoms with Gasteiger partial charge in [-0.15, -0.1) is 11.3 Å². The van der Waals surface area contributed by atoms with Gasteiger partial charge in [0.25, 0.3) is 0 Å². The minimum absolute atomic E-state index is 0.222. The van der Waals surface area contributed by atoms with Crippen LogP contribution in [0.3, 0.4) is 0 Å². The molecule has 1 aliphatic rings. The standard InChI is InChI=1S/C13H19N3O3S/c1-8-9(2)20-10(15-8)6-14-12(19)16-5-4-13(3,7-16)11(17)18/h4-7H2,1-3H3,(H,14,19)(H,17,18). The Balaban J connectivity index is 1.89. The lowest BCUT2D eigenvalue weighted by Gasteiger charge is -2.20. The van der Waals surface area contributed by atoms with Crippen LogP contribution in [0.5, 0.6) is 0 Å². The number of likely N-dealkylation sites (tertiary alicyclic amines) is 1. The van der Waals surface area contributed by atoms with Crippen molar-refractivity contribution in [2.45, 2.75) is 33.7 Å². The maximum atomic E-state index is 12.0. The SMILES string of the molecule is Cc1nc(CNC(=O)N2CCC(C)(C(=O)O)C2)sc1C. The number of rotatable bonds is 3. The van der Waals surface area contributed by atoms with Crippen LogP contribution in [-0.2, 0) is 11.3 Å². The molecule has 1 fully saturated rings. The van der Waals surface area contributed by atoms with E-state index in [0.717, 1.165) is 15.6 Å². The highest BCUT2D eigenvalue weighted by atomic mass is 32.1. The molecule has 1 unspecified atom stereocenters. The summed E-state index contributed by atoms with van der Waals surface area (Å²) in [5.74, 6) is -0.848. The third kappa shape index (κ3) is 2.92. The van der Waals surface area contributed by atoms with Crippen molar-refractivity contribution in [3.8, 4) is 0 Å². The van der Waals surface area contributed by atoms with Crippen LogP contribution in [0, 0.1) is 19.3 Å². The number of carbonyl (C=O) groups excluding carboxylic acids is 1. The summed E-state index contributed by atoms with van der Waals surface area (Å²) in [5, 5.41) is 12.8. The molecule has 0 bridgehead atoms. The lowest BCUT2D eigenvalue weighted by Crippen LogP contribution is -2.40. The third-order valence-electron chi connectivity index (χ3n) is 3.74. The van der Waals surface area contributed by atoms with Crippen molar-refractivity contribution in [3.63, 3.8) is 0 Å². The van der Waals surface area contributed by atoms with E-state index in [0.29, 0.717) is 19.5 Å². The molecule has 2 rings (SSSR count). The predicted molar refractivity (Wildman–Crippen MR) is 75.8 cm³/mol. The summed E-state index contributed by atoms with van der Waals surface area (Å²) in [5.41, 5.74) is 0.157. The van der Waals surface area contributed by atoms with Gasteiger partial charge in [-0.25, -0.2) is 9.78 Å². The van der Waals surface area contributed by atoms with Gasteiger partial charge in [-0.3, -0.25) is 4.79 Å². The average Bonchev–Trinajstić information content (AvgIpc) is 2.92. The van der Waals surface area contributed by atoms with Crippen molar-refractivity contribution in [1.29, 1.82) is 0 Å². The average molecular weight is 297 g/mol. The number of hydrogen-bond donors (Lipinski definition) is 2. The van der Waals surface area contributed by atoms with Gasteiger partial charge in [0.1, 0.15) is 5.01 Å². The van der Waals surface area contributed by atoms with Crippen LogP contribution in [-0.4, -0.2) is 40.1 Å². The lowest BCUT2D eigenvalue weighted by atomic mass is 9.90. The predicted octanol–water partition coefficient (Wildman–Crippen LogP) is 1.77. The van der Waals surface area contributed by atoms with Crippen molar-refractivity contribution in [3.05, 3.63) is 15.6 Å². The zero-order chi connectivity index (χ0) is 14.9. The third-order valence-corrected chi connectivity index (χ3v) is 4.81. The number of hydrogen-bond acceptors (Lipinski definition) is 4. The van der Waals surface area contributed by atoms with Gasteiger partial charge in [0, 0.05) is 18.0 Å². The summed E-state index contributed by atoms with van der Waals surface area (Å²) in [4.78, 5) is 30.2. The Bertz CT molecular complexity index is 523. The summed E-state index contributed by atoms with van der Waals surface area (Å²) in [6.07, 6.45) is 0.491. The first-order chi connectivity index (χ1) is 9.32. The van der Waals surface area contributed by atoms with E-state index in [1.807, 2.05) is 13.8 Å². The molecule has 0 radical (unpaired) electrons. The molecule has 0 aliphatic carbocycles. The van der Waals surface area contributed by atoms with Gasteiger partial charge in [-0.1, -0.05) is 0 Å². The number of amides is 2. The van der Waals surface area contributed by atoms with E-state index >= 15 is 0 Å². The first-order valence-electron chi connectivity index (χ1n) is 6.51. The van der Waals surface area contributed by atoms with Gasteiger partial charge >= 0.3 is 12.0 Å². The van der Waals surface area contributed by atoms with Gasteiger partial charge in [0.15, 0.2) is 0 Å². The van der Waals surface area contributed by atoms with Crippen molar-refractivity contribution in [2.75, 3.05) is 13.1 Å². The Morgan fingerprint density at radius 1 is 1.50 bits per heavy atom. The van der Waals surface area contributed by atoms with E-state index in [4.69, 9.17) is 5.11 Å². The molecule has 1 saturated heterocycles. The molecule has 2 amide bonds. The van der Waals surface area contributed by atoms with Gasteiger partial charge in [-0.05, 0) is 27.2 Å². The second kappa shape index (κ2) is 5.40. The molecule has 1 aromatic rings. The summed E-state index contributed by atoms with van der Waals surface area (Å²) >= 11 is 1.57. The number of urea groups is 1. The van der Waals surface area contributed by atoms with Crippen LogP contribution in [0.15, 0.2) is 0 Å². The van der Waals surface area contributed by atoms with Crippen LogP contribution < -0.4 is 5.32 Å². The molecule has 7 heteroatoms. The highest BCUT2D eigenvalue weighted by molar-refractivity contribution is 7.11. The zero-order valence-corrected chi connectivity index (χ0v) is 12.7. The zero-order valence-electron chi connectivity index (χ0n) is 11.9. The number of aromatic nitrogens is 1.